The van der Waals surface area contributed by atoms with Gasteiger partial charge in [-0.3, -0.25) is 28.4 Å². The molecule has 1 aromatic carbocycles. The van der Waals surface area contributed by atoms with Gasteiger partial charge in [-0.2, -0.15) is 16.8 Å². The molecule has 0 saturated heterocycles. The van der Waals surface area contributed by atoms with E-state index in [4.69, 9.17) is 4.42 Å². The number of carbonyl (C=O) groups is 3. The van der Waals surface area contributed by atoms with Crippen molar-refractivity contribution in [3.05, 3.63) is 52.9 Å². The minimum atomic E-state index is -4.94. The van der Waals surface area contributed by atoms with Crippen LogP contribution in [-0.4, -0.2) is 74.7 Å². The van der Waals surface area contributed by atoms with Gasteiger partial charge in [0.1, 0.15) is 14.7 Å². The van der Waals surface area contributed by atoms with E-state index in [2.05, 4.69) is 5.32 Å². The van der Waals surface area contributed by atoms with Crippen LogP contribution in [-0.2, 0) is 34.6 Å². The number of unbranched alkanes of at least 4 members (excludes halogenated alkanes) is 2. The van der Waals surface area contributed by atoms with Crippen LogP contribution in [0.5, 0.6) is 0 Å². The molecule has 3 amide bonds. The Morgan fingerprint density at radius 2 is 1.69 bits per heavy atom. The van der Waals surface area contributed by atoms with Crippen molar-refractivity contribution >= 4 is 66.0 Å². The molecule has 4 rings (SSSR count). The quantitative estimate of drug-likeness (QED) is 0.0646. The molecule has 3 aromatic rings. The maximum Gasteiger partial charge on any atom is 1.00 e. The van der Waals surface area contributed by atoms with E-state index in [1.165, 1.54) is 18.2 Å². The molecule has 0 bridgehead atoms. The van der Waals surface area contributed by atoms with Gasteiger partial charge in [-0.25, -0.2) is 4.79 Å². The summed E-state index contributed by atoms with van der Waals surface area (Å²) >= 11 is 0.306. The first kappa shape index (κ1) is 36.6. The van der Waals surface area contributed by atoms with Crippen LogP contribution in [0.1, 0.15) is 34.0 Å². The third kappa shape index (κ3) is 9.10. The maximum absolute atomic E-state index is 12.9. The molecule has 3 heterocycles. The van der Waals surface area contributed by atoms with Crippen molar-refractivity contribution < 1.29 is 75.7 Å². The summed E-state index contributed by atoms with van der Waals surface area (Å²) < 4.78 is 70.5. The smallest absolute Gasteiger partial charge is 1.00 e. The summed E-state index contributed by atoms with van der Waals surface area (Å²) in [6, 6.07) is 6.95. The number of hydrogen-bond donors (Lipinski definition) is 3. The predicted octanol–water partition coefficient (Wildman–Crippen LogP) is -0.441. The van der Waals surface area contributed by atoms with Crippen molar-refractivity contribution in [1.82, 2.24) is 10.2 Å². The third-order valence-corrected chi connectivity index (χ3v) is 10.3. The van der Waals surface area contributed by atoms with Gasteiger partial charge in [0.25, 0.3) is 21.9 Å². The summed E-state index contributed by atoms with van der Waals surface area (Å²) in [5.74, 6) is -0.964. The summed E-state index contributed by atoms with van der Waals surface area (Å²) in [4.78, 5) is 49.9. The van der Waals surface area contributed by atoms with Crippen LogP contribution in [0, 0.1) is 0 Å². The molecule has 1 aliphatic rings. The zero-order valence-corrected chi connectivity index (χ0v) is 28.8. The van der Waals surface area contributed by atoms with Crippen molar-refractivity contribution in [1.29, 1.82) is 0 Å². The Bertz CT molecular complexity index is 1910. The molecule has 3 N–H and O–H groups in total. The summed E-state index contributed by atoms with van der Waals surface area (Å²) in [5.41, 5.74) is -0.332. The van der Waals surface area contributed by atoms with E-state index in [1.807, 2.05) is 11.8 Å². The molecule has 0 unspecified atom stereocenters. The zero-order valence-electron chi connectivity index (χ0n) is 25.4. The van der Waals surface area contributed by atoms with Gasteiger partial charge in [-0.15, -0.1) is 11.3 Å². The number of imide groups is 1. The number of thiophene rings is 1. The number of anilines is 1. The van der Waals surface area contributed by atoms with Gasteiger partial charge in [-0.1, -0.05) is 6.42 Å². The minimum Gasteiger partial charge on any atom is -1.00 e. The fourth-order valence-electron chi connectivity index (χ4n) is 4.60. The largest absolute Gasteiger partial charge is 1.00 e. The van der Waals surface area contributed by atoms with E-state index in [-0.39, 0.29) is 61.1 Å². The van der Waals surface area contributed by atoms with Gasteiger partial charge >= 0.3 is 45.3 Å². The van der Waals surface area contributed by atoms with E-state index in [1.54, 1.807) is 18.2 Å². The molecule has 14 nitrogen and oxygen atoms in total. The molecule has 0 radical (unpaired) electrons. The third-order valence-electron chi connectivity index (χ3n) is 6.81. The first-order chi connectivity index (χ1) is 20.7. The molecule has 2 aromatic heterocycles. The molecule has 1 aliphatic heterocycles. The van der Waals surface area contributed by atoms with E-state index >= 15 is 0 Å². The van der Waals surface area contributed by atoms with Gasteiger partial charge in [-0.05, 0) is 44.0 Å². The fraction of sp³-hybridized carbons (Fsp3) is 0.333. The van der Waals surface area contributed by atoms with Crippen LogP contribution in [0.2, 0.25) is 0 Å². The number of fused-ring (bicyclic) bond motifs is 1. The molecule has 18 heteroatoms. The van der Waals surface area contributed by atoms with E-state index < -0.39 is 51.7 Å². The van der Waals surface area contributed by atoms with Crippen molar-refractivity contribution in [3.8, 4) is 10.4 Å². The zero-order chi connectivity index (χ0) is 32.2. The van der Waals surface area contributed by atoms with Gasteiger partial charge in [0, 0.05) is 61.9 Å². The van der Waals surface area contributed by atoms with Crippen molar-refractivity contribution in [2.24, 2.45) is 0 Å². The second kappa shape index (κ2) is 15.1. The van der Waals surface area contributed by atoms with Crippen molar-refractivity contribution in [2.45, 2.75) is 41.7 Å². The SMILES string of the molecule is CCN(CCCCCC(=O)NCCN1C(=O)C=CC1=O)c1ccc2cc(-c3sc(S(=O)(=O)O)cc3S(=O)(=O)O)c(=O)oc2c1.[H-].[Na+]. The van der Waals surface area contributed by atoms with Crippen molar-refractivity contribution in [2.75, 3.05) is 31.1 Å². The summed E-state index contributed by atoms with van der Waals surface area (Å²) in [7, 11) is -9.75. The monoisotopic (exact) mass is 691 g/mol. The number of carbonyl (C=O) groups excluding carboxylic acids is 3. The first-order valence-electron chi connectivity index (χ1n) is 13.4. The second-order valence-electron chi connectivity index (χ2n) is 9.78. The normalized spacial score (nSPS) is 13.4. The number of hydrogen-bond acceptors (Lipinski definition) is 11. The Balaban J connectivity index is 0.00000368. The molecule has 0 saturated carbocycles. The average molecular weight is 692 g/mol. The summed E-state index contributed by atoms with van der Waals surface area (Å²) in [6.07, 6.45) is 4.83. The Morgan fingerprint density at radius 3 is 2.31 bits per heavy atom. The van der Waals surface area contributed by atoms with E-state index in [0.717, 1.165) is 23.4 Å². The Hall–Kier alpha value is -2.90. The van der Waals surface area contributed by atoms with Crippen LogP contribution in [0.3, 0.4) is 0 Å². The fourth-order valence-corrected chi connectivity index (χ4v) is 7.52. The Morgan fingerprint density at radius 1 is 1.00 bits per heavy atom. The van der Waals surface area contributed by atoms with E-state index in [9.17, 15) is 45.1 Å². The minimum absolute atomic E-state index is 0. The Kier molecular flexibility index (Phi) is 12.3. The molecule has 0 spiro atoms. The first-order valence-corrected chi connectivity index (χ1v) is 17.1. The molecule has 0 atom stereocenters. The van der Waals surface area contributed by atoms with E-state index in [0.29, 0.717) is 48.7 Å². The van der Waals surface area contributed by atoms with Crippen molar-refractivity contribution in [3.63, 3.8) is 0 Å². The topological polar surface area (TPSA) is 209 Å². The Labute approximate surface area is 286 Å². The number of nitrogens with one attached hydrogen (secondary N) is 1. The predicted molar refractivity (Wildman–Crippen MR) is 162 cm³/mol. The molecular formula is C27H30N3NaO11S3. The van der Waals surface area contributed by atoms with Crippen LogP contribution < -0.4 is 45.4 Å². The van der Waals surface area contributed by atoms with Crippen LogP contribution >= 0.6 is 11.3 Å². The van der Waals surface area contributed by atoms with Crippen LogP contribution in [0.25, 0.3) is 21.4 Å². The maximum atomic E-state index is 12.9. The molecule has 0 fully saturated rings. The molecular weight excluding hydrogens is 661 g/mol. The van der Waals surface area contributed by atoms with Crippen LogP contribution in [0.15, 0.2) is 60.8 Å². The van der Waals surface area contributed by atoms with Gasteiger partial charge in [0.2, 0.25) is 5.91 Å². The number of rotatable bonds is 14. The molecule has 0 aliphatic carbocycles. The summed E-state index contributed by atoms with van der Waals surface area (Å²) in [6.45, 7) is 3.51. The number of nitrogens with zero attached hydrogens (tertiary/aromatic N) is 2. The number of amides is 3. The molecule has 238 valence electrons. The van der Waals surface area contributed by atoms with Crippen LogP contribution in [0.4, 0.5) is 5.69 Å². The average Bonchev–Trinajstić information content (AvgIpc) is 3.54. The second-order valence-corrected chi connectivity index (χ2v) is 13.9. The standard InChI is InChI=1S/C27H29N3O11S3.Na.H/c1-2-29(12-5-3-4-6-22(31)28-11-13-30-23(32)9-10-24(30)33)18-8-7-17-14-19(27(34)41-20(17)15-18)26-21(43(35,36)37)16-25(42-26)44(38,39)40;;/h7-10,14-16H,2-6,11-13H2,1H3,(H,28,31)(H,35,36,37)(H,38,39,40);;/q;+1;-1. The number of benzene rings is 1. The summed E-state index contributed by atoms with van der Waals surface area (Å²) in [5, 5.41) is 3.11. The van der Waals surface area contributed by atoms with Gasteiger partial charge in [0.05, 0.1) is 10.4 Å². The van der Waals surface area contributed by atoms with Gasteiger partial charge in [0.15, 0.2) is 0 Å². The van der Waals surface area contributed by atoms with Gasteiger partial charge < -0.3 is 16.1 Å². The molecule has 45 heavy (non-hydrogen) atoms.